The largest absolute Gasteiger partial charge is 0.314 e. The van der Waals surface area contributed by atoms with E-state index in [2.05, 4.69) is 169 Å². The van der Waals surface area contributed by atoms with Gasteiger partial charge in [0, 0.05) is 18.0 Å². The molecule has 0 fully saturated rings. The third-order valence-electron chi connectivity index (χ3n) is 9.71. The van der Waals surface area contributed by atoms with E-state index in [-0.39, 0.29) is 0 Å². The van der Waals surface area contributed by atoms with Gasteiger partial charge in [0.2, 0.25) is 0 Å². The second kappa shape index (κ2) is 11.2. The lowest BCUT2D eigenvalue weighted by atomic mass is 9.89. The predicted molar refractivity (Wildman–Crippen MR) is 196 cm³/mol. The molecule has 0 atom stereocenters. The molecule has 0 N–H and O–H groups in total. The van der Waals surface area contributed by atoms with Gasteiger partial charge in [-0.1, -0.05) is 134 Å². The first-order valence-electron chi connectivity index (χ1n) is 16.7. The van der Waals surface area contributed by atoms with Crippen molar-refractivity contribution in [1.82, 2.24) is 0 Å². The maximum Gasteiger partial charge on any atom is 0.195 e. The molecule has 0 aromatic heterocycles. The number of anilines is 2. The summed E-state index contributed by atoms with van der Waals surface area (Å²) in [5, 5.41) is 7.90. The fourth-order valence-electron chi connectivity index (χ4n) is 7.49. The molecule has 0 saturated heterocycles. The van der Waals surface area contributed by atoms with Crippen molar-refractivity contribution in [1.29, 1.82) is 0 Å². The van der Waals surface area contributed by atoms with Crippen LogP contribution >= 0.6 is 0 Å². The summed E-state index contributed by atoms with van der Waals surface area (Å²) < 4.78 is 0. The quantitative estimate of drug-likeness (QED) is 0.171. The van der Waals surface area contributed by atoms with Gasteiger partial charge in [-0.25, -0.2) is 0 Å². The first-order valence-corrected chi connectivity index (χ1v) is 16.7. The zero-order valence-electron chi connectivity index (χ0n) is 28.0. The van der Waals surface area contributed by atoms with Crippen LogP contribution in [0.3, 0.4) is 0 Å². The lowest BCUT2D eigenvalue weighted by Gasteiger charge is -2.37. The molecule has 227 valence electrons. The van der Waals surface area contributed by atoms with E-state index in [0.29, 0.717) is 23.7 Å². The molecule has 0 unspecified atom stereocenters. The Balaban J connectivity index is 1.53. The number of benzene rings is 6. The molecule has 7 rings (SSSR count). The summed E-state index contributed by atoms with van der Waals surface area (Å²) in [6.07, 6.45) is 5.83. The molecule has 45 heavy (non-hydrogen) atoms. The highest BCUT2D eigenvalue weighted by Gasteiger charge is 2.37. The Bertz CT molecular complexity index is 1850. The van der Waals surface area contributed by atoms with Gasteiger partial charge < -0.3 is 9.80 Å². The number of rotatable bonds is 7. The van der Waals surface area contributed by atoms with Gasteiger partial charge in [0.25, 0.3) is 0 Å². The number of hydrogen-bond donors (Lipinski definition) is 0. The average molecular weight is 590 g/mol. The van der Waals surface area contributed by atoms with E-state index in [4.69, 9.17) is 0 Å². The summed E-state index contributed by atoms with van der Waals surface area (Å²) in [6.45, 7) is 18.5. The van der Waals surface area contributed by atoms with E-state index in [1.54, 1.807) is 0 Å². The minimum absolute atomic E-state index is 0.391. The Kier molecular flexibility index (Phi) is 7.35. The summed E-state index contributed by atoms with van der Waals surface area (Å²) in [7, 11) is 0. The van der Waals surface area contributed by atoms with Crippen LogP contribution in [0, 0.1) is 6.17 Å². The van der Waals surface area contributed by atoms with Crippen molar-refractivity contribution >= 4 is 43.7 Å². The Morgan fingerprint density at radius 1 is 0.400 bits per heavy atom. The van der Waals surface area contributed by atoms with E-state index < -0.39 is 0 Å². The van der Waals surface area contributed by atoms with Crippen LogP contribution in [-0.2, 0) is 0 Å². The zero-order chi connectivity index (χ0) is 31.6. The topological polar surface area (TPSA) is 6.48 Å². The molecule has 0 saturated carbocycles. The molecular formula is C43H45N2. The minimum Gasteiger partial charge on any atom is -0.314 e. The summed E-state index contributed by atoms with van der Waals surface area (Å²) in [5.41, 5.74) is 9.37. The van der Waals surface area contributed by atoms with Gasteiger partial charge in [-0.15, -0.1) is 0 Å². The van der Waals surface area contributed by atoms with Crippen LogP contribution in [-0.4, -0.2) is 0 Å². The van der Waals surface area contributed by atoms with Gasteiger partial charge in [0.05, 0.1) is 11.4 Å². The van der Waals surface area contributed by atoms with Crippen molar-refractivity contribution in [2.45, 2.75) is 79.1 Å². The van der Waals surface area contributed by atoms with E-state index in [1.165, 1.54) is 77.7 Å². The first kappa shape index (κ1) is 29.4. The van der Waals surface area contributed by atoms with Crippen molar-refractivity contribution in [3.63, 3.8) is 0 Å². The van der Waals surface area contributed by atoms with Crippen molar-refractivity contribution in [2.24, 2.45) is 0 Å². The van der Waals surface area contributed by atoms with Gasteiger partial charge in [0.15, 0.2) is 6.17 Å². The molecule has 0 aliphatic carbocycles. The zero-order valence-corrected chi connectivity index (χ0v) is 28.0. The Morgan fingerprint density at radius 2 is 0.733 bits per heavy atom. The van der Waals surface area contributed by atoms with Crippen LogP contribution in [0.1, 0.15) is 107 Å². The standard InChI is InChI=1S/C43H45N2/c1-26(2)35-14-10-15-36(27(3)4)41(35)44-22-23-45(42-37(28(5)6)16-11-17-38(42)29(7)8)43(44)34-24-32-20-18-30-12-9-13-31-19-21-33(25-34)40(32)39(30)31/h9-29H,1-8H3. The molecule has 1 aliphatic rings. The van der Waals surface area contributed by atoms with Gasteiger partial charge in [-0.05, 0) is 90.4 Å². The van der Waals surface area contributed by atoms with Gasteiger partial charge in [-0.2, -0.15) is 0 Å². The van der Waals surface area contributed by atoms with Crippen molar-refractivity contribution in [3.05, 3.63) is 137 Å². The molecule has 2 nitrogen and oxygen atoms in total. The highest BCUT2D eigenvalue weighted by molar-refractivity contribution is 6.23. The van der Waals surface area contributed by atoms with Crippen molar-refractivity contribution in [2.75, 3.05) is 9.80 Å². The van der Waals surface area contributed by atoms with Crippen LogP contribution in [0.15, 0.2) is 103 Å². The monoisotopic (exact) mass is 589 g/mol. The van der Waals surface area contributed by atoms with E-state index in [0.717, 1.165) is 0 Å². The SMILES string of the molecule is CC(C)c1cccc(C(C)C)c1N1C=CN(c2c(C(C)C)cccc2C(C)C)[C]1c1cc2ccc3cccc4ccc(c1)c2c34. The molecule has 0 amide bonds. The molecule has 0 bridgehead atoms. The fraction of sp³-hybridized carbons (Fsp3) is 0.279. The second-order valence-corrected chi connectivity index (χ2v) is 14.1. The predicted octanol–water partition coefficient (Wildman–Crippen LogP) is 12.4. The van der Waals surface area contributed by atoms with Gasteiger partial charge in [0.1, 0.15) is 0 Å². The van der Waals surface area contributed by atoms with Gasteiger partial charge >= 0.3 is 0 Å². The molecule has 6 aromatic rings. The molecular weight excluding hydrogens is 544 g/mol. The highest BCUT2D eigenvalue weighted by Crippen LogP contribution is 2.48. The lowest BCUT2D eigenvalue weighted by molar-refractivity contribution is 0.804. The normalized spacial score (nSPS) is 14.3. The molecule has 1 heterocycles. The van der Waals surface area contributed by atoms with Gasteiger partial charge in [-0.3, -0.25) is 0 Å². The second-order valence-electron chi connectivity index (χ2n) is 14.1. The van der Waals surface area contributed by atoms with Crippen molar-refractivity contribution in [3.8, 4) is 0 Å². The van der Waals surface area contributed by atoms with Crippen LogP contribution in [0.4, 0.5) is 11.4 Å². The summed E-state index contributed by atoms with van der Waals surface area (Å²) >= 11 is 0. The molecule has 1 aliphatic heterocycles. The number of nitrogens with zero attached hydrogens (tertiary/aromatic N) is 2. The Morgan fingerprint density at radius 3 is 1.11 bits per heavy atom. The van der Waals surface area contributed by atoms with Crippen LogP contribution in [0.5, 0.6) is 0 Å². The summed E-state index contributed by atoms with van der Waals surface area (Å²) in [5.74, 6) is 1.56. The van der Waals surface area contributed by atoms with Crippen LogP contribution in [0.2, 0.25) is 0 Å². The molecule has 2 heteroatoms. The lowest BCUT2D eigenvalue weighted by Crippen LogP contribution is -2.34. The minimum atomic E-state index is 0.391. The number of hydrogen-bond acceptors (Lipinski definition) is 2. The maximum absolute atomic E-state index is 2.50. The Labute approximate surface area is 269 Å². The summed E-state index contributed by atoms with van der Waals surface area (Å²) in [6, 6.07) is 34.5. The Hall–Kier alpha value is -4.30. The van der Waals surface area contributed by atoms with E-state index in [9.17, 15) is 0 Å². The van der Waals surface area contributed by atoms with Crippen molar-refractivity contribution < 1.29 is 0 Å². The third kappa shape index (κ3) is 4.78. The highest BCUT2D eigenvalue weighted by atomic mass is 15.4. The third-order valence-corrected chi connectivity index (χ3v) is 9.71. The van der Waals surface area contributed by atoms with Crippen LogP contribution < -0.4 is 9.80 Å². The number of para-hydroxylation sites is 2. The molecule has 1 radical (unpaired) electrons. The fourth-order valence-corrected chi connectivity index (χ4v) is 7.49. The average Bonchev–Trinajstić information content (AvgIpc) is 3.47. The summed E-state index contributed by atoms with van der Waals surface area (Å²) in [4.78, 5) is 5.00. The molecule has 6 aromatic carbocycles. The van der Waals surface area contributed by atoms with E-state index >= 15 is 0 Å². The molecule has 0 spiro atoms. The first-order chi connectivity index (χ1) is 21.7. The van der Waals surface area contributed by atoms with Crippen LogP contribution in [0.25, 0.3) is 32.3 Å². The smallest absolute Gasteiger partial charge is 0.195 e. The van der Waals surface area contributed by atoms with E-state index in [1.807, 2.05) is 0 Å². The maximum atomic E-state index is 2.50.